The summed E-state index contributed by atoms with van der Waals surface area (Å²) < 4.78 is 39.0. The van der Waals surface area contributed by atoms with Crippen LogP contribution in [-0.4, -0.2) is 68.9 Å². The van der Waals surface area contributed by atoms with Crippen LogP contribution in [-0.2, 0) is 0 Å². The van der Waals surface area contributed by atoms with Gasteiger partial charge in [-0.05, 0) is 31.7 Å². The molecule has 4 heterocycles. The molecule has 3 aromatic rings. The smallest absolute Gasteiger partial charge is 0.291 e. The van der Waals surface area contributed by atoms with Gasteiger partial charge in [-0.15, -0.1) is 22.8 Å². The lowest BCUT2D eigenvalue weighted by atomic mass is 10.2. The van der Waals surface area contributed by atoms with E-state index in [-0.39, 0.29) is 17.2 Å². The minimum absolute atomic E-state index is 0.291. The highest BCUT2D eigenvalue weighted by molar-refractivity contribution is 7.80. The monoisotopic (exact) mass is 497 g/mol. The van der Waals surface area contributed by atoms with Crippen LogP contribution in [0.2, 0.25) is 0 Å². The molecule has 0 unspecified atom stereocenters. The van der Waals surface area contributed by atoms with Crippen molar-refractivity contribution in [3.05, 3.63) is 23.5 Å². The number of hydrogen-bond donors (Lipinski definition) is 2. The van der Waals surface area contributed by atoms with Gasteiger partial charge in [0.1, 0.15) is 6.67 Å². The predicted octanol–water partition coefficient (Wildman–Crippen LogP) is 3.81. The lowest BCUT2D eigenvalue weighted by Gasteiger charge is -2.36. The van der Waals surface area contributed by atoms with Gasteiger partial charge in [-0.2, -0.15) is 0 Å². The second-order valence-electron chi connectivity index (χ2n) is 8.92. The van der Waals surface area contributed by atoms with Crippen LogP contribution in [0.4, 0.5) is 18.9 Å². The number of imidazole rings is 1. The number of hydrogen-bond acceptors (Lipinski definition) is 8. The zero-order valence-corrected chi connectivity index (χ0v) is 19.7. The zero-order chi connectivity index (χ0) is 23.2. The fraction of sp³-hybridized carbons (Fsp3) is 0.571. The summed E-state index contributed by atoms with van der Waals surface area (Å²) in [6.45, 7) is 3.69. The second-order valence-corrected chi connectivity index (χ2v) is 10.4. The fourth-order valence-electron chi connectivity index (χ4n) is 3.95. The van der Waals surface area contributed by atoms with Crippen molar-refractivity contribution in [1.29, 1.82) is 0 Å². The van der Waals surface area contributed by atoms with Crippen LogP contribution in [0.25, 0.3) is 16.3 Å². The third-order valence-electron chi connectivity index (χ3n) is 6.30. The zero-order valence-electron chi connectivity index (χ0n) is 18.0. The Morgan fingerprint density at radius 2 is 1.91 bits per heavy atom. The normalized spacial score (nSPS) is 20.2. The van der Waals surface area contributed by atoms with Crippen LogP contribution >= 0.6 is 24.0 Å². The molecule has 0 spiro atoms. The Morgan fingerprint density at radius 1 is 1.18 bits per heavy atom. The minimum atomic E-state index is -2.62. The van der Waals surface area contributed by atoms with Crippen LogP contribution in [0, 0.1) is 0 Å². The van der Waals surface area contributed by atoms with E-state index in [9.17, 15) is 13.2 Å². The maximum Gasteiger partial charge on any atom is 0.291 e. The number of nitrogens with zero attached hydrogens (tertiary/aromatic N) is 6. The molecule has 2 saturated carbocycles. The molecule has 0 atom stereocenters. The van der Waals surface area contributed by atoms with Crippen LogP contribution in [0.1, 0.15) is 37.1 Å². The number of piperazine rings is 1. The fourth-order valence-corrected chi connectivity index (χ4v) is 4.88. The van der Waals surface area contributed by atoms with Gasteiger partial charge in [0.2, 0.25) is 0 Å². The Labute approximate surface area is 199 Å². The molecular weight excluding hydrogens is 471 g/mol. The molecule has 1 aliphatic heterocycles. The first kappa shape index (κ1) is 22.9. The van der Waals surface area contributed by atoms with Crippen LogP contribution in [0.5, 0.6) is 0 Å². The van der Waals surface area contributed by atoms with Gasteiger partial charge in [0, 0.05) is 48.9 Å². The maximum atomic E-state index is 12.9. The summed E-state index contributed by atoms with van der Waals surface area (Å²) in [5, 5.41) is 7.56. The topological polar surface area (TPSA) is 75.6 Å². The first-order chi connectivity index (χ1) is 15.9. The van der Waals surface area contributed by atoms with E-state index in [1.165, 1.54) is 12.8 Å². The van der Waals surface area contributed by atoms with E-state index in [0.29, 0.717) is 10.8 Å². The third-order valence-corrected chi connectivity index (χ3v) is 7.47. The van der Waals surface area contributed by atoms with E-state index in [2.05, 4.69) is 37.6 Å². The van der Waals surface area contributed by atoms with Crippen molar-refractivity contribution in [3.63, 3.8) is 0 Å². The first-order valence-electron chi connectivity index (χ1n) is 11.0. The SMILES string of the molecule is FC(F)c1nnc(-c2ncc3c(N4CCN(C5CC5)CC4)cc(S)cn23)s1.NC1(CF)CC1. The van der Waals surface area contributed by atoms with Crippen molar-refractivity contribution in [1.82, 2.24) is 24.5 Å². The van der Waals surface area contributed by atoms with Crippen molar-refractivity contribution in [2.75, 3.05) is 37.8 Å². The quantitative estimate of drug-likeness (QED) is 0.522. The molecular formula is C21H26F3N7S2. The van der Waals surface area contributed by atoms with Crippen LogP contribution in [0.3, 0.4) is 0 Å². The largest absolute Gasteiger partial charge is 0.367 e. The second kappa shape index (κ2) is 9.05. The summed E-state index contributed by atoms with van der Waals surface area (Å²) >= 11 is 5.41. The highest BCUT2D eigenvalue weighted by Crippen LogP contribution is 2.34. The molecule has 6 rings (SSSR count). The average Bonchev–Trinajstić information content (AvgIpc) is 3.70. The van der Waals surface area contributed by atoms with Crippen molar-refractivity contribution in [2.45, 2.75) is 48.6 Å². The van der Waals surface area contributed by atoms with Crippen molar-refractivity contribution in [3.8, 4) is 10.8 Å². The Bertz CT molecular complexity index is 1120. The van der Waals surface area contributed by atoms with Gasteiger partial charge in [0.05, 0.1) is 17.4 Å². The molecule has 7 nitrogen and oxygen atoms in total. The van der Waals surface area contributed by atoms with Gasteiger partial charge >= 0.3 is 0 Å². The van der Waals surface area contributed by atoms with Crippen molar-refractivity contribution >= 4 is 35.2 Å². The molecule has 0 radical (unpaired) electrons. The molecule has 0 bridgehead atoms. The number of anilines is 1. The maximum absolute atomic E-state index is 12.9. The van der Waals surface area contributed by atoms with Gasteiger partial charge in [-0.3, -0.25) is 9.30 Å². The molecule has 0 aromatic carbocycles. The van der Waals surface area contributed by atoms with E-state index in [0.717, 1.165) is 72.5 Å². The number of thiol groups is 1. The molecule has 178 valence electrons. The number of aromatic nitrogens is 4. The molecule has 33 heavy (non-hydrogen) atoms. The summed E-state index contributed by atoms with van der Waals surface area (Å²) in [7, 11) is 0. The number of rotatable bonds is 5. The average molecular weight is 498 g/mol. The van der Waals surface area contributed by atoms with E-state index in [1.54, 1.807) is 6.20 Å². The predicted molar refractivity (Wildman–Crippen MR) is 125 cm³/mol. The van der Waals surface area contributed by atoms with E-state index in [4.69, 9.17) is 5.73 Å². The van der Waals surface area contributed by atoms with E-state index < -0.39 is 6.43 Å². The summed E-state index contributed by atoms with van der Waals surface area (Å²) in [6.07, 6.45) is 5.40. The van der Waals surface area contributed by atoms with Crippen molar-refractivity contribution in [2.24, 2.45) is 5.73 Å². The van der Waals surface area contributed by atoms with Gasteiger partial charge < -0.3 is 10.6 Å². The first-order valence-corrected chi connectivity index (χ1v) is 12.3. The lowest BCUT2D eigenvalue weighted by Crippen LogP contribution is -2.47. The summed E-state index contributed by atoms with van der Waals surface area (Å²) in [4.78, 5) is 10.1. The minimum Gasteiger partial charge on any atom is -0.367 e. The molecule has 12 heteroatoms. The van der Waals surface area contributed by atoms with Gasteiger partial charge in [-0.1, -0.05) is 11.3 Å². The molecule has 2 N–H and O–H groups in total. The molecule has 2 aliphatic carbocycles. The Hall–Kier alpha value is -1.89. The summed E-state index contributed by atoms with van der Waals surface area (Å²) in [5.41, 5.74) is 6.89. The number of halogens is 3. The molecule has 3 aromatic heterocycles. The standard InChI is InChI=1S/C17H18F2N6S2.C4H8FN/c18-14(19)16-21-22-17(27-16)15-20-8-13-12(7-11(26)9-25(13)15)24-5-3-23(4-6-24)10-1-2-10;5-3-4(6)1-2-4/h7-10,14,26H,1-6H2;1-3,6H2. The third kappa shape index (κ3) is 4.98. The Kier molecular flexibility index (Phi) is 6.27. The summed E-state index contributed by atoms with van der Waals surface area (Å²) in [5.74, 6) is 0.517. The number of nitrogens with two attached hydrogens (primary N) is 1. The highest BCUT2D eigenvalue weighted by atomic mass is 32.1. The van der Waals surface area contributed by atoms with Gasteiger partial charge in [0.25, 0.3) is 6.43 Å². The Morgan fingerprint density at radius 3 is 2.45 bits per heavy atom. The number of alkyl halides is 3. The van der Waals surface area contributed by atoms with Gasteiger partial charge in [-0.25, -0.2) is 18.2 Å². The molecule has 3 aliphatic rings. The number of pyridine rings is 1. The van der Waals surface area contributed by atoms with Crippen LogP contribution in [0.15, 0.2) is 23.4 Å². The van der Waals surface area contributed by atoms with Crippen LogP contribution < -0.4 is 10.6 Å². The van der Waals surface area contributed by atoms with Crippen molar-refractivity contribution < 1.29 is 13.2 Å². The highest BCUT2D eigenvalue weighted by Gasteiger charge is 2.38. The Balaban J connectivity index is 0.000000332. The molecule has 1 saturated heterocycles. The molecule has 3 fully saturated rings. The van der Waals surface area contributed by atoms with E-state index in [1.807, 2.05) is 16.7 Å². The lowest BCUT2D eigenvalue weighted by molar-refractivity contribution is 0.150. The number of fused-ring (bicyclic) bond motifs is 1. The molecule has 0 amide bonds. The van der Waals surface area contributed by atoms with E-state index >= 15 is 0 Å². The van der Waals surface area contributed by atoms with Gasteiger partial charge in [0.15, 0.2) is 15.8 Å². The summed E-state index contributed by atoms with van der Waals surface area (Å²) in [6, 6.07) is 2.83.